The van der Waals surface area contributed by atoms with Gasteiger partial charge in [-0.05, 0) is 28.1 Å². The molecule has 0 fully saturated rings. The van der Waals surface area contributed by atoms with Crippen molar-refractivity contribution >= 4 is 32.7 Å². The summed E-state index contributed by atoms with van der Waals surface area (Å²) < 4.78 is 18.4. The third-order valence-corrected chi connectivity index (χ3v) is 2.81. The van der Waals surface area contributed by atoms with Crippen LogP contribution >= 0.6 is 15.9 Å². The number of pyridine rings is 1. The number of methoxy groups -OCH3 is 1. The Balaban J connectivity index is 2.80. The fourth-order valence-electron chi connectivity index (χ4n) is 1.44. The normalized spacial score (nSPS) is 10.4. The number of nitrogens with zero attached hydrogens (tertiary/aromatic N) is 1. The zero-order chi connectivity index (χ0) is 11.7. The summed E-state index contributed by atoms with van der Waals surface area (Å²) in [4.78, 5) is 15.4. The largest absolute Gasteiger partial charge is 0.464 e. The molecular formula is C11H7BrFNO2. The summed E-state index contributed by atoms with van der Waals surface area (Å²) in [7, 11) is 1.26. The van der Waals surface area contributed by atoms with Gasteiger partial charge in [-0.3, -0.25) is 0 Å². The van der Waals surface area contributed by atoms with Crippen LogP contribution in [0, 0.1) is 5.82 Å². The molecular weight excluding hydrogens is 277 g/mol. The van der Waals surface area contributed by atoms with Crippen LogP contribution in [0.5, 0.6) is 0 Å². The highest BCUT2D eigenvalue weighted by atomic mass is 79.9. The Kier molecular flexibility index (Phi) is 2.87. The maximum absolute atomic E-state index is 13.1. The van der Waals surface area contributed by atoms with E-state index in [1.54, 1.807) is 6.07 Å². The van der Waals surface area contributed by atoms with E-state index < -0.39 is 11.8 Å². The predicted molar refractivity (Wildman–Crippen MR) is 60.7 cm³/mol. The van der Waals surface area contributed by atoms with E-state index in [0.717, 1.165) is 5.39 Å². The topological polar surface area (TPSA) is 39.2 Å². The first kappa shape index (κ1) is 11.0. The molecule has 0 radical (unpaired) electrons. The van der Waals surface area contributed by atoms with E-state index in [-0.39, 0.29) is 5.69 Å². The Labute approximate surface area is 99.4 Å². The van der Waals surface area contributed by atoms with Gasteiger partial charge in [-0.25, -0.2) is 14.2 Å². The van der Waals surface area contributed by atoms with Crippen molar-refractivity contribution in [2.75, 3.05) is 7.11 Å². The third-order valence-electron chi connectivity index (χ3n) is 2.18. The summed E-state index contributed by atoms with van der Waals surface area (Å²) in [5.41, 5.74) is 0.111. The van der Waals surface area contributed by atoms with E-state index in [0.29, 0.717) is 9.86 Å². The highest BCUT2D eigenvalue weighted by Crippen LogP contribution is 2.26. The van der Waals surface area contributed by atoms with Crippen LogP contribution in [-0.2, 0) is 4.74 Å². The minimum absolute atomic E-state index is 0.111. The molecule has 82 valence electrons. The second-order valence-electron chi connectivity index (χ2n) is 3.14. The van der Waals surface area contributed by atoms with Crippen LogP contribution in [0.2, 0.25) is 0 Å². The third kappa shape index (κ3) is 1.78. The molecule has 0 aliphatic rings. The van der Waals surface area contributed by atoms with Crippen LogP contribution in [0.1, 0.15) is 10.5 Å². The van der Waals surface area contributed by atoms with E-state index in [1.807, 2.05) is 0 Å². The van der Waals surface area contributed by atoms with Crippen molar-refractivity contribution < 1.29 is 13.9 Å². The van der Waals surface area contributed by atoms with Gasteiger partial charge in [0.15, 0.2) is 5.69 Å². The lowest BCUT2D eigenvalue weighted by atomic mass is 10.1. The molecule has 3 nitrogen and oxygen atoms in total. The van der Waals surface area contributed by atoms with Gasteiger partial charge in [0.2, 0.25) is 0 Å². The van der Waals surface area contributed by atoms with Crippen LogP contribution in [0.25, 0.3) is 10.8 Å². The minimum Gasteiger partial charge on any atom is -0.464 e. The highest BCUT2D eigenvalue weighted by Gasteiger charge is 2.14. The average molecular weight is 284 g/mol. The van der Waals surface area contributed by atoms with Gasteiger partial charge in [-0.2, -0.15) is 0 Å². The van der Waals surface area contributed by atoms with Gasteiger partial charge in [0.1, 0.15) is 5.82 Å². The van der Waals surface area contributed by atoms with Crippen molar-refractivity contribution in [3.63, 3.8) is 0 Å². The molecule has 5 heteroatoms. The van der Waals surface area contributed by atoms with Crippen molar-refractivity contribution in [2.45, 2.75) is 0 Å². The zero-order valence-corrected chi connectivity index (χ0v) is 9.92. The molecule has 0 saturated carbocycles. The van der Waals surface area contributed by atoms with Crippen molar-refractivity contribution in [2.24, 2.45) is 0 Å². The Morgan fingerprint density at radius 2 is 2.19 bits per heavy atom. The molecule has 16 heavy (non-hydrogen) atoms. The van der Waals surface area contributed by atoms with Gasteiger partial charge >= 0.3 is 5.97 Å². The smallest absolute Gasteiger partial charge is 0.357 e. The number of aromatic nitrogens is 1. The number of rotatable bonds is 1. The van der Waals surface area contributed by atoms with Gasteiger partial charge in [-0.15, -0.1) is 0 Å². The Morgan fingerprint density at radius 3 is 2.88 bits per heavy atom. The molecule has 0 N–H and O–H groups in total. The van der Waals surface area contributed by atoms with E-state index in [9.17, 15) is 9.18 Å². The zero-order valence-electron chi connectivity index (χ0n) is 8.33. The molecule has 0 unspecified atom stereocenters. The first-order valence-electron chi connectivity index (χ1n) is 4.45. The van der Waals surface area contributed by atoms with Gasteiger partial charge in [-0.1, -0.05) is 6.07 Å². The van der Waals surface area contributed by atoms with Gasteiger partial charge in [0, 0.05) is 21.4 Å². The van der Waals surface area contributed by atoms with E-state index in [2.05, 4.69) is 25.7 Å². The Morgan fingerprint density at radius 1 is 1.44 bits per heavy atom. The monoisotopic (exact) mass is 283 g/mol. The Bertz CT molecular complexity index is 571. The number of ether oxygens (including phenoxy) is 1. The summed E-state index contributed by atoms with van der Waals surface area (Å²) in [5.74, 6) is -0.999. The van der Waals surface area contributed by atoms with Gasteiger partial charge < -0.3 is 4.74 Å². The van der Waals surface area contributed by atoms with Crippen molar-refractivity contribution in [3.8, 4) is 0 Å². The van der Waals surface area contributed by atoms with Crippen LogP contribution < -0.4 is 0 Å². The van der Waals surface area contributed by atoms with Crippen molar-refractivity contribution in [3.05, 3.63) is 40.4 Å². The van der Waals surface area contributed by atoms with E-state index in [1.165, 1.54) is 25.4 Å². The van der Waals surface area contributed by atoms with Gasteiger partial charge in [0.05, 0.1) is 7.11 Å². The summed E-state index contributed by atoms with van der Waals surface area (Å²) >= 11 is 3.29. The number of hydrogen-bond donors (Lipinski definition) is 0. The number of carbonyl (C=O) groups excluding carboxylic acids is 1. The molecule has 0 atom stereocenters. The van der Waals surface area contributed by atoms with Crippen LogP contribution in [0.4, 0.5) is 4.39 Å². The Hall–Kier alpha value is -1.49. The standard InChI is InChI=1S/C11H7BrFNO2/c1-16-11(15)10-8-4-6(13)2-3-7(8)9(12)5-14-10/h2-5H,1H3. The highest BCUT2D eigenvalue weighted by molar-refractivity contribution is 9.10. The lowest BCUT2D eigenvalue weighted by Gasteiger charge is -2.05. The molecule has 2 aromatic rings. The summed E-state index contributed by atoms with van der Waals surface area (Å²) in [6.07, 6.45) is 1.49. The number of fused-ring (bicyclic) bond motifs is 1. The molecule has 0 spiro atoms. The summed E-state index contributed by atoms with van der Waals surface area (Å²) in [5, 5.41) is 1.15. The average Bonchev–Trinajstić information content (AvgIpc) is 2.28. The van der Waals surface area contributed by atoms with Crippen molar-refractivity contribution in [1.29, 1.82) is 0 Å². The maximum Gasteiger partial charge on any atom is 0.357 e. The number of benzene rings is 1. The molecule has 0 saturated heterocycles. The lowest BCUT2D eigenvalue weighted by Crippen LogP contribution is -2.05. The maximum atomic E-state index is 13.1. The predicted octanol–water partition coefficient (Wildman–Crippen LogP) is 2.92. The van der Waals surface area contributed by atoms with Gasteiger partial charge in [0.25, 0.3) is 0 Å². The second-order valence-corrected chi connectivity index (χ2v) is 3.99. The molecule has 0 amide bonds. The summed E-state index contributed by atoms with van der Waals surface area (Å²) in [6, 6.07) is 4.18. The molecule has 0 bridgehead atoms. The van der Waals surface area contributed by atoms with Crippen LogP contribution in [0.3, 0.4) is 0 Å². The van der Waals surface area contributed by atoms with E-state index in [4.69, 9.17) is 0 Å². The van der Waals surface area contributed by atoms with Crippen LogP contribution in [-0.4, -0.2) is 18.1 Å². The summed E-state index contributed by atoms with van der Waals surface area (Å²) in [6.45, 7) is 0. The fraction of sp³-hybridized carbons (Fsp3) is 0.0909. The molecule has 1 heterocycles. The molecule has 2 rings (SSSR count). The molecule has 0 aliphatic heterocycles. The number of halogens is 2. The first-order chi connectivity index (χ1) is 7.63. The van der Waals surface area contributed by atoms with Crippen LogP contribution in [0.15, 0.2) is 28.9 Å². The fourth-order valence-corrected chi connectivity index (χ4v) is 1.89. The molecule has 1 aromatic heterocycles. The number of hydrogen-bond acceptors (Lipinski definition) is 3. The number of carbonyl (C=O) groups is 1. The molecule has 1 aromatic carbocycles. The first-order valence-corrected chi connectivity index (χ1v) is 5.25. The lowest BCUT2D eigenvalue weighted by molar-refractivity contribution is 0.0596. The minimum atomic E-state index is -0.580. The SMILES string of the molecule is COC(=O)c1ncc(Br)c2ccc(F)cc12. The quantitative estimate of drug-likeness (QED) is 0.756. The molecule has 0 aliphatic carbocycles. The number of esters is 1. The van der Waals surface area contributed by atoms with Crippen molar-refractivity contribution in [1.82, 2.24) is 4.98 Å². The van der Waals surface area contributed by atoms with E-state index >= 15 is 0 Å². The second kappa shape index (κ2) is 4.17.